The lowest BCUT2D eigenvalue weighted by Crippen LogP contribution is -2.54. The van der Waals surface area contributed by atoms with Crippen molar-refractivity contribution in [2.24, 2.45) is 5.92 Å². The highest BCUT2D eigenvalue weighted by Gasteiger charge is 2.51. The molecule has 0 aliphatic carbocycles. The topological polar surface area (TPSA) is 54.5 Å². The molecular weight excluding hydrogens is 269 g/mol. The number of amides is 1. The Morgan fingerprint density at radius 1 is 1.41 bits per heavy atom. The summed E-state index contributed by atoms with van der Waals surface area (Å²) in [6, 6.07) is 4.74. The van der Waals surface area contributed by atoms with Crippen molar-refractivity contribution in [1.82, 2.24) is 4.31 Å². The Bertz CT molecular complexity index is 575. The molecule has 0 spiro atoms. The van der Waals surface area contributed by atoms with Gasteiger partial charge in [0.25, 0.3) is 0 Å². The molecule has 1 amide bonds. The Labute approximate surface area is 103 Å². The molecule has 92 valence electrons. The molecule has 1 fully saturated rings. The molecule has 1 heterocycles. The van der Waals surface area contributed by atoms with Crippen molar-refractivity contribution in [2.45, 2.75) is 13.0 Å². The molecule has 0 N–H and O–H groups in total. The van der Waals surface area contributed by atoms with Gasteiger partial charge in [0.15, 0.2) is 0 Å². The van der Waals surface area contributed by atoms with Crippen LogP contribution in [-0.2, 0) is 14.0 Å². The largest absolute Gasteiger partial charge is 0.324 e. The van der Waals surface area contributed by atoms with Gasteiger partial charge in [0.05, 0.1) is 12.0 Å². The van der Waals surface area contributed by atoms with E-state index in [2.05, 4.69) is 0 Å². The average Bonchev–Trinajstić information content (AvgIpc) is 2.22. The summed E-state index contributed by atoms with van der Waals surface area (Å²) in [5.41, 5.74) is 0.418. The Hall–Kier alpha value is -1.14. The Kier molecular flexibility index (Phi) is 2.87. The maximum atomic E-state index is 13.0. The van der Waals surface area contributed by atoms with Crippen LogP contribution in [0.15, 0.2) is 24.3 Å². The molecule has 17 heavy (non-hydrogen) atoms. The summed E-state index contributed by atoms with van der Waals surface area (Å²) in [5.74, 6) is -1.58. The second kappa shape index (κ2) is 3.96. The van der Waals surface area contributed by atoms with E-state index in [0.717, 1.165) is 0 Å². The van der Waals surface area contributed by atoms with Crippen molar-refractivity contribution in [3.05, 3.63) is 35.6 Å². The third kappa shape index (κ3) is 2.02. The van der Waals surface area contributed by atoms with Crippen LogP contribution in [0, 0.1) is 11.7 Å². The molecule has 0 aromatic heterocycles. The van der Waals surface area contributed by atoms with Crippen LogP contribution in [0.2, 0.25) is 0 Å². The zero-order chi connectivity index (χ0) is 12.8. The van der Waals surface area contributed by atoms with Gasteiger partial charge >= 0.3 is 9.24 Å². The highest BCUT2D eigenvalue weighted by atomic mass is 35.7. The molecule has 2 atom stereocenters. The highest BCUT2D eigenvalue weighted by molar-refractivity contribution is 8.12. The smallest absolute Gasteiger partial charge is 0.273 e. The van der Waals surface area contributed by atoms with Gasteiger partial charge in [-0.3, -0.25) is 4.79 Å². The molecule has 1 aliphatic heterocycles. The van der Waals surface area contributed by atoms with Crippen molar-refractivity contribution in [1.29, 1.82) is 0 Å². The molecular formula is C10H9ClFNO3S. The second-order valence-electron chi connectivity index (χ2n) is 3.86. The van der Waals surface area contributed by atoms with Gasteiger partial charge in [-0.05, 0) is 17.7 Å². The van der Waals surface area contributed by atoms with E-state index in [1.54, 1.807) is 13.0 Å². The number of hydrogen-bond acceptors (Lipinski definition) is 3. The summed E-state index contributed by atoms with van der Waals surface area (Å²) in [6.07, 6.45) is 0. The van der Waals surface area contributed by atoms with Gasteiger partial charge in [0, 0.05) is 10.7 Å². The summed E-state index contributed by atoms with van der Waals surface area (Å²) in [4.78, 5) is 11.4. The lowest BCUT2D eigenvalue weighted by molar-refractivity contribution is -0.145. The van der Waals surface area contributed by atoms with Gasteiger partial charge in [-0.25, -0.2) is 8.70 Å². The van der Waals surface area contributed by atoms with E-state index in [4.69, 9.17) is 10.7 Å². The zero-order valence-corrected chi connectivity index (χ0v) is 10.4. The molecule has 0 bridgehead atoms. The van der Waals surface area contributed by atoms with Crippen molar-refractivity contribution in [3.63, 3.8) is 0 Å². The minimum absolute atomic E-state index is 0.418. The number of hydrogen-bond donors (Lipinski definition) is 0. The van der Waals surface area contributed by atoms with E-state index in [1.165, 1.54) is 18.2 Å². The SMILES string of the molecule is CC1C(=O)N(S(=O)(=O)Cl)C1c1cccc(F)c1. The van der Waals surface area contributed by atoms with E-state index < -0.39 is 32.9 Å². The molecule has 2 rings (SSSR count). The summed E-state index contributed by atoms with van der Waals surface area (Å²) < 4.78 is 36.1. The van der Waals surface area contributed by atoms with Gasteiger partial charge in [0.1, 0.15) is 5.82 Å². The lowest BCUT2D eigenvalue weighted by Gasteiger charge is -2.42. The molecule has 7 heteroatoms. The summed E-state index contributed by atoms with van der Waals surface area (Å²) >= 11 is 0. The van der Waals surface area contributed by atoms with Gasteiger partial charge in [-0.2, -0.15) is 8.42 Å². The maximum Gasteiger partial charge on any atom is 0.324 e. The molecule has 0 saturated carbocycles. The van der Waals surface area contributed by atoms with Crippen LogP contribution in [0.25, 0.3) is 0 Å². The van der Waals surface area contributed by atoms with Gasteiger partial charge < -0.3 is 0 Å². The van der Waals surface area contributed by atoms with Gasteiger partial charge in [0.2, 0.25) is 5.91 Å². The molecule has 4 nitrogen and oxygen atoms in total. The zero-order valence-electron chi connectivity index (χ0n) is 8.80. The fourth-order valence-corrected chi connectivity index (χ4v) is 3.37. The number of nitrogens with zero attached hydrogens (tertiary/aromatic N) is 1. The minimum Gasteiger partial charge on any atom is -0.273 e. The third-order valence-electron chi connectivity index (χ3n) is 2.76. The first kappa shape index (κ1) is 12.3. The lowest BCUT2D eigenvalue weighted by atomic mass is 9.87. The van der Waals surface area contributed by atoms with E-state index in [0.29, 0.717) is 9.87 Å². The van der Waals surface area contributed by atoms with Crippen LogP contribution < -0.4 is 0 Å². The molecule has 1 aromatic rings. The first-order valence-corrected chi connectivity index (χ1v) is 7.12. The summed E-state index contributed by atoms with van der Waals surface area (Å²) in [6.45, 7) is 1.58. The van der Waals surface area contributed by atoms with Crippen molar-refractivity contribution in [3.8, 4) is 0 Å². The van der Waals surface area contributed by atoms with Crippen LogP contribution in [0.3, 0.4) is 0 Å². The van der Waals surface area contributed by atoms with Crippen molar-refractivity contribution in [2.75, 3.05) is 0 Å². The molecule has 1 aliphatic rings. The highest BCUT2D eigenvalue weighted by Crippen LogP contribution is 2.42. The van der Waals surface area contributed by atoms with Crippen LogP contribution >= 0.6 is 10.7 Å². The molecule has 1 saturated heterocycles. The van der Waals surface area contributed by atoms with E-state index in [1.807, 2.05) is 0 Å². The van der Waals surface area contributed by atoms with Crippen molar-refractivity contribution < 1.29 is 17.6 Å². The average molecular weight is 278 g/mol. The number of benzene rings is 1. The monoisotopic (exact) mass is 277 g/mol. The van der Waals surface area contributed by atoms with Crippen LogP contribution in [-0.4, -0.2) is 18.6 Å². The van der Waals surface area contributed by atoms with Crippen molar-refractivity contribution >= 4 is 25.8 Å². The number of halogens is 2. The Morgan fingerprint density at radius 3 is 2.59 bits per heavy atom. The normalized spacial score (nSPS) is 24.6. The first-order valence-electron chi connectivity index (χ1n) is 4.85. The van der Waals surface area contributed by atoms with E-state index in [-0.39, 0.29) is 0 Å². The quantitative estimate of drug-likeness (QED) is 0.612. The van der Waals surface area contributed by atoms with Crippen LogP contribution in [0.1, 0.15) is 18.5 Å². The Balaban J connectivity index is 2.42. The van der Waals surface area contributed by atoms with E-state index >= 15 is 0 Å². The van der Waals surface area contributed by atoms with Crippen LogP contribution in [0.4, 0.5) is 4.39 Å². The maximum absolute atomic E-state index is 13.0. The number of carbonyl (C=O) groups excluding carboxylic acids is 1. The fraction of sp³-hybridized carbons (Fsp3) is 0.300. The first-order chi connectivity index (χ1) is 7.82. The molecule has 0 radical (unpaired) electrons. The predicted molar refractivity (Wildman–Crippen MR) is 59.9 cm³/mol. The fourth-order valence-electron chi connectivity index (χ4n) is 1.95. The van der Waals surface area contributed by atoms with Gasteiger partial charge in [-0.15, -0.1) is 0 Å². The predicted octanol–water partition coefficient (Wildman–Crippen LogP) is 1.83. The molecule has 2 unspecified atom stereocenters. The Morgan fingerprint density at radius 2 is 2.06 bits per heavy atom. The number of β-lactam (4-membered cyclic amide) rings is 1. The summed E-state index contributed by atoms with van der Waals surface area (Å²) in [7, 11) is 1.04. The standard InChI is InChI=1S/C10H9ClFNO3S/c1-6-9(7-3-2-4-8(12)5-7)13(10(6)14)17(11,15)16/h2-6,9H,1H3. The van der Waals surface area contributed by atoms with Gasteiger partial charge in [-0.1, -0.05) is 19.1 Å². The third-order valence-corrected chi connectivity index (χ3v) is 4.08. The number of rotatable bonds is 2. The van der Waals surface area contributed by atoms with Crippen LogP contribution in [0.5, 0.6) is 0 Å². The van der Waals surface area contributed by atoms with E-state index in [9.17, 15) is 17.6 Å². The number of carbonyl (C=O) groups is 1. The summed E-state index contributed by atoms with van der Waals surface area (Å²) in [5, 5.41) is 0. The second-order valence-corrected chi connectivity index (χ2v) is 6.25. The minimum atomic E-state index is -4.12. The molecule has 1 aromatic carbocycles.